The Labute approximate surface area is 139 Å². The summed E-state index contributed by atoms with van der Waals surface area (Å²) in [5.41, 5.74) is -1.05. The summed E-state index contributed by atoms with van der Waals surface area (Å²) < 4.78 is 11.0. The van der Waals surface area contributed by atoms with Crippen LogP contribution < -0.4 is 0 Å². The Hall–Kier alpha value is -0.141. The Balaban J connectivity index is 1.90. The normalized spacial score (nSPS) is 11.9. The molecule has 0 atom stereocenters. The third-order valence-corrected chi connectivity index (χ3v) is 11.3. The molecule has 0 saturated carbocycles. The van der Waals surface area contributed by atoms with Crippen molar-refractivity contribution in [3.05, 3.63) is 48.3 Å². The van der Waals surface area contributed by atoms with E-state index >= 15 is 0 Å². The molecule has 0 saturated heterocycles. The van der Waals surface area contributed by atoms with Crippen LogP contribution in [-0.2, 0) is 12.8 Å². The van der Waals surface area contributed by atoms with Crippen molar-refractivity contribution in [3.63, 3.8) is 0 Å². The minimum absolute atomic E-state index is 1.04. The van der Waals surface area contributed by atoms with Crippen LogP contribution in [0.1, 0.15) is 18.4 Å². The zero-order chi connectivity index (χ0) is 15.0. The molecule has 2 nitrogen and oxygen atoms in total. The van der Waals surface area contributed by atoms with Crippen molar-refractivity contribution in [1.82, 2.24) is 0 Å². The molecule has 0 amide bonds. The van der Waals surface area contributed by atoms with E-state index in [1.165, 1.54) is 30.0 Å². The molecule has 116 valence electrons. The van der Waals surface area contributed by atoms with Crippen LogP contribution in [0.25, 0.3) is 0 Å². The molecule has 2 aromatic rings. The molecule has 0 aliphatic heterocycles. The van der Waals surface area contributed by atoms with E-state index in [2.05, 4.69) is 34.2 Å². The Bertz CT molecular complexity index is 494. The number of aryl methyl sites for hydroxylation is 2. The van der Waals surface area contributed by atoms with Gasteiger partial charge in [-0.1, -0.05) is 0 Å². The van der Waals surface area contributed by atoms with Crippen LogP contribution in [0.4, 0.5) is 0 Å². The summed E-state index contributed by atoms with van der Waals surface area (Å²) in [5, 5.41) is 0. The fraction of sp³-hybridized carbons (Fsp3) is 0.500. The molecule has 0 bridgehead atoms. The quantitative estimate of drug-likeness (QED) is 0.340. The molecular formula is C16H23O2PSSe. The first-order valence-corrected chi connectivity index (χ1v) is 13.1. The number of furan rings is 2. The molecule has 0 N–H and O–H groups in total. The van der Waals surface area contributed by atoms with Crippen molar-refractivity contribution in [3.8, 4) is 0 Å². The van der Waals surface area contributed by atoms with E-state index in [1.54, 1.807) is 12.5 Å². The molecule has 0 fully saturated rings. The molecular weight excluding hydrogens is 366 g/mol. The molecule has 0 aromatic carbocycles. The van der Waals surface area contributed by atoms with E-state index in [9.17, 15) is 0 Å². The number of hydrogen-bond acceptors (Lipinski definition) is 3. The third-order valence-electron chi connectivity index (χ3n) is 3.54. The van der Waals surface area contributed by atoms with Gasteiger partial charge in [-0.15, -0.1) is 0 Å². The van der Waals surface area contributed by atoms with Crippen molar-refractivity contribution < 1.29 is 8.83 Å². The van der Waals surface area contributed by atoms with Gasteiger partial charge in [0.2, 0.25) is 0 Å². The monoisotopic (exact) mass is 390 g/mol. The average molecular weight is 389 g/mol. The van der Waals surface area contributed by atoms with Crippen molar-refractivity contribution >= 4 is 32.4 Å². The zero-order valence-electron chi connectivity index (χ0n) is 12.5. The summed E-state index contributed by atoms with van der Waals surface area (Å²) in [6.07, 6.45) is 9.39. The second kappa shape index (κ2) is 9.10. The van der Waals surface area contributed by atoms with Crippen LogP contribution in [0.3, 0.4) is 0 Å². The first kappa shape index (κ1) is 17.2. The SMILES string of the molecule is CCSCCP(=[Se])(CCc1ccco1)CCc1ccco1. The Morgan fingerprint density at radius 3 is 2.00 bits per heavy atom. The number of hydrogen-bond donors (Lipinski definition) is 0. The summed E-state index contributed by atoms with van der Waals surface area (Å²) in [4.78, 5) is 0. The maximum atomic E-state index is 5.49. The second-order valence-corrected chi connectivity index (χ2v) is 14.8. The van der Waals surface area contributed by atoms with Gasteiger partial charge >= 0.3 is 139 Å². The summed E-state index contributed by atoms with van der Waals surface area (Å²) >= 11 is 5.63. The van der Waals surface area contributed by atoms with E-state index < -0.39 is 5.51 Å². The van der Waals surface area contributed by atoms with Crippen LogP contribution in [0.15, 0.2) is 45.6 Å². The van der Waals surface area contributed by atoms with Crippen molar-refractivity contribution in [2.24, 2.45) is 0 Å². The predicted octanol–water partition coefficient (Wildman–Crippen LogP) is 4.51. The summed E-state index contributed by atoms with van der Waals surface area (Å²) in [7, 11) is 0. The maximum absolute atomic E-state index is 5.49. The fourth-order valence-corrected chi connectivity index (χ4v) is 8.87. The van der Waals surface area contributed by atoms with Gasteiger partial charge in [-0.2, -0.15) is 0 Å². The van der Waals surface area contributed by atoms with Gasteiger partial charge in [0.15, 0.2) is 0 Å². The van der Waals surface area contributed by atoms with Gasteiger partial charge in [0.05, 0.1) is 0 Å². The molecule has 2 heterocycles. The molecule has 21 heavy (non-hydrogen) atoms. The van der Waals surface area contributed by atoms with Gasteiger partial charge in [-0.3, -0.25) is 0 Å². The third kappa shape index (κ3) is 6.24. The van der Waals surface area contributed by atoms with Crippen LogP contribution in [0.2, 0.25) is 0 Å². The first-order valence-electron chi connectivity index (χ1n) is 7.41. The summed E-state index contributed by atoms with van der Waals surface area (Å²) in [5.74, 6) is 4.68. The van der Waals surface area contributed by atoms with E-state index in [0.717, 1.165) is 24.4 Å². The molecule has 0 aliphatic carbocycles. The fourth-order valence-electron chi connectivity index (χ4n) is 2.25. The van der Waals surface area contributed by atoms with Gasteiger partial charge in [-0.05, 0) is 0 Å². The average Bonchev–Trinajstić information content (AvgIpc) is 3.17. The number of rotatable bonds is 10. The molecule has 2 rings (SSSR count). The van der Waals surface area contributed by atoms with Gasteiger partial charge in [-0.25, -0.2) is 0 Å². The van der Waals surface area contributed by atoms with Crippen LogP contribution >= 0.6 is 17.3 Å². The Morgan fingerprint density at radius 2 is 1.57 bits per heavy atom. The van der Waals surface area contributed by atoms with E-state index in [0.29, 0.717) is 0 Å². The van der Waals surface area contributed by atoms with E-state index in [-0.39, 0.29) is 0 Å². The van der Waals surface area contributed by atoms with E-state index in [1.807, 2.05) is 23.9 Å². The van der Waals surface area contributed by atoms with Crippen molar-refractivity contribution in [1.29, 1.82) is 0 Å². The Morgan fingerprint density at radius 1 is 1.00 bits per heavy atom. The van der Waals surface area contributed by atoms with Crippen molar-refractivity contribution in [2.75, 3.05) is 30.0 Å². The molecule has 2 aromatic heterocycles. The molecule has 0 radical (unpaired) electrons. The van der Waals surface area contributed by atoms with Crippen LogP contribution in [-0.4, -0.2) is 45.1 Å². The molecule has 0 unspecified atom stereocenters. The summed E-state index contributed by atoms with van der Waals surface area (Å²) in [6, 6.07) is 8.12. The summed E-state index contributed by atoms with van der Waals surface area (Å²) in [6.45, 7) is 2.23. The predicted molar refractivity (Wildman–Crippen MR) is 95.1 cm³/mol. The topological polar surface area (TPSA) is 26.3 Å². The molecule has 0 aliphatic rings. The van der Waals surface area contributed by atoms with Crippen LogP contribution in [0, 0.1) is 0 Å². The molecule has 5 heteroatoms. The zero-order valence-corrected chi connectivity index (χ0v) is 15.9. The van der Waals surface area contributed by atoms with Crippen LogP contribution in [0.5, 0.6) is 0 Å². The minimum atomic E-state index is -1.05. The first-order chi connectivity index (χ1) is 10.2. The van der Waals surface area contributed by atoms with Gasteiger partial charge in [0.1, 0.15) is 0 Å². The Kier molecular flexibility index (Phi) is 7.46. The second-order valence-electron chi connectivity index (χ2n) is 5.08. The number of thioether (sulfide) groups is 1. The van der Waals surface area contributed by atoms with E-state index in [4.69, 9.17) is 8.83 Å². The van der Waals surface area contributed by atoms with Crippen molar-refractivity contribution in [2.45, 2.75) is 19.8 Å². The molecule has 0 spiro atoms. The van der Waals surface area contributed by atoms with Gasteiger partial charge in [0.25, 0.3) is 0 Å². The van der Waals surface area contributed by atoms with Gasteiger partial charge < -0.3 is 0 Å². The van der Waals surface area contributed by atoms with Gasteiger partial charge in [0, 0.05) is 0 Å². The standard InChI is InChI=1S/C16H23O2PSSe/c1-2-20-14-13-19(21,11-7-15-5-3-9-17-15)12-8-16-6-4-10-18-16/h3-6,9-10H,2,7-8,11-14H2,1H3.